The molecular formula is C11H14FNO. The molecule has 0 heterocycles. The first-order valence-electron chi connectivity index (χ1n) is 4.68. The number of nitrogens with one attached hydrogen (secondary N) is 1. The van der Waals surface area contributed by atoms with Gasteiger partial charge < -0.3 is 5.32 Å². The quantitative estimate of drug-likeness (QED) is 0.781. The highest BCUT2D eigenvalue weighted by molar-refractivity contribution is 5.75. The molecule has 14 heavy (non-hydrogen) atoms. The third kappa shape index (κ3) is 3.17. The van der Waals surface area contributed by atoms with E-state index in [1.54, 1.807) is 25.2 Å². The van der Waals surface area contributed by atoms with E-state index in [4.69, 9.17) is 0 Å². The van der Waals surface area contributed by atoms with Crippen molar-refractivity contribution in [2.24, 2.45) is 0 Å². The lowest BCUT2D eigenvalue weighted by Gasteiger charge is -2.02. The maximum atomic E-state index is 13.1. The van der Waals surface area contributed by atoms with Gasteiger partial charge in [0, 0.05) is 13.5 Å². The van der Waals surface area contributed by atoms with E-state index in [1.807, 2.05) is 0 Å². The van der Waals surface area contributed by atoms with Crippen LogP contribution in [0.1, 0.15) is 18.4 Å². The molecule has 0 saturated heterocycles. The van der Waals surface area contributed by atoms with Crippen molar-refractivity contribution < 1.29 is 9.18 Å². The molecule has 1 N–H and O–H groups in total. The van der Waals surface area contributed by atoms with Crippen molar-refractivity contribution in [2.45, 2.75) is 19.3 Å². The number of hydrogen-bond acceptors (Lipinski definition) is 1. The van der Waals surface area contributed by atoms with Crippen LogP contribution in [0.3, 0.4) is 0 Å². The highest BCUT2D eigenvalue weighted by Gasteiger charge is 2.02. The van der Waals surface area contributed by atoms with Gasteiger partial charge in [-0.15, -0.1) is 0 Å². The van der Waals surface area contributed by atoms with Crippen molar-refractivity contribution in [3.8, 4) is 0 Å². The summed E-state index contributed by atoms with van der Waals surface area (Å²) in [5.74, 6) is -0.189. The Morgan fingerprint density at radius 2 is 2.14 bits per heavy atom. The van der Waals surface area contributed by atoms with Crippen LogP contribution < -0.4 is 5.32 Å². The van der Waals surface area contributed by atoms with E-state index in [-0.39, 0.29) is 11.7 Å². The normalized spacial score (nSPS) is 9.86. The molecular weight excluding hydrogens is 181 g/mol. The Balaban J connectivity index is 2.39. The van der Waals surface area contributed by atoms with Crippen LogP contribution in [0.4, 0.5) is 4.39 Å². The summed E-state index contributed by atoms with van der Waals surface area (Å²) in [6, 6.07) is 6.66. The Kier molecular flexibility index (Phi) is 4.11. The molecule has 0 atom stereocenters. The fourth-order valence-electron chi connectivity index (χ4n) is 1.27. The van der Waals surface area contributed by atoms with Crippen LogP contribution >= 0.6 is 0 Å². The molecule has 2 nitrogen and oxygen atoms in total. The lowest BCUT2D eigenvalue weighted by molar-refractivity contribution is -0.120. The molecule has 0 spiro atoms. The second-order valence-corrected chi connectivity index (χ2v) is 3.12. The van der Waals surface area contributed by atoms with Gasteiger partial charge in [0.05, 0.1) is 0 Å². The predicted molar refractivity (Wildman–Crippen MR) is 53.4 cm³/mol. The Labute approximate surface area is 83.1 Å². The van der Waals surface area contributed by atoms with E-state index < -0.39 is 0 Å². The van der Waals surface area contributed by atoms with Gasteiger partial charge >= 0.3 is 0 Å². The number of benzene rings is 1. The predicted octanol–water partition coefficient (Wildman–Crippen LogP) is 1.89. The van der Waals surface area contributed by atoms with Crippen molar-refractivity contribution in [3.05, 3.63) is 35.6 Å². The van der Waals surface area contributed by atoms with Crippen LogP contribution in [0, 0.1) is 5.82 Å². The van der Waals surface area contributed by atoms with Crippen LogP contribution in [0.25, 0.3) is 0 Å². The van der Waals surface area contributed by atoms with Crippen molar-refractivity contribution in [3.63, 3.8) is 0 Å². The Morgan fingerprint density at radius 3 is 2.79 bits per heavy atom. The highest BCUT2D eigenvalue weighted by atomic mass is 19.1. The smallest absolute Gasteiger partial charge is 0.219 e. The highest BCUT2D eigenvalue weighted by Crippen LogP contribution is 2.09. The number of amides is 1. The monoisotopic (exact) mass is 195 g/mol. The Bertz CT molecular complexity index is 312. The van der Waals surface area contributed by atoms with E-state index in [0.717, 1.165) is 0 Å². The second-order valence-electron chi connectivity index (χ2n) is 3.12. The molecule has 1 amide bonds. The standard InChI is InChI=1S/C11H14FNO/c1-13-11(14)8-4-6-9-5-2-3-7-10(9)12/h2-3,5,7H,4,6,8H2,1H3,(H,13,14). The molecule has 1 aromatic carbocycles. The lowest BCUT2D eigenvalue weighted by Crippen LogP contribution is -2.17. The fourth-order valence-corrected chi connectivity index (χ4v) is 1.27. The van der Waals surface area contributed by atoms with Gasteiger partial charge in [-0.25, -0.2) is 4.39 Å². The SMILES string of the molecule is CNC(=O)CCCc1ccccc1F. The molecule has 0 radical (unpaired) electrons. The minimum absolute atomic E-state index is 0.00124. The summed E-state index contributed by atoms with van der Waals surface area (Å²) < 4.78 is 13.1. The molecule has 1 aromatic rings. The maximum Gasteiger partial charge on any atom is 0.219 e. The Hall–Kier alpha value is -1.38. The van der Waals surface area contributed by atoms with E-state index >= 15 is 0 Å². The molecule has 3 heteroatoms. The minimum Gasteiger partial charge on any atom is -0.359 e. The summed E-state index contributed by atoms with van der Waals surface area (Å²) in [7, 11) is 1.60. The molecule has 0 unspecified atom stereocenters. The van der Waals surface area contributed by atoms with Gasteiger partial charge in [0.2, 0.25) is 5.91 Å². The summed E-state index contributed by atoms with van der Waals surface area (Å²) in [6.45, 7) is 0. The molecule has 0 aliphatic rings. The topological polar surface area (TPSA) is 29.1 Å². The van der Waals surface area contributed by atoms with Crippen molar-refractivity contribution in [1.82, 2.24) is 5.32 Å². The van der Waals surface area contributed by atoms with Gasteiger partial charge in [-0.3, -0.25) is 4.79 Å². The zero-order valence-corrected chi connectivity index (χ0v) is 8.22. The average Bonchev–Trinajstić information content (AvgIpc) is 2.20. The maximum absolute atomic E-state index is 13.1. The molecule has 76 valence electrons. The van der Waals surface area contributed by atoms with Gasteiger partial charge in [0.1, 0.15) is 5.82 Å². The zero-order chi connectivity index (χ0) is 10.4. The fraction of sp³-hybridized carbons (Fsp3) is 0.364. The van der Waals surface area contributed by atoms with Crippen LogP contribution in [-0.2, 0) is 11.2 Å². The first-order chi connectivity index (χ1) is 6.74. The van der Waals surface area contributed by atoms with Gasteiger partial charge in [-0.05, 0) is 24.5 Å². The van der Waals surface area contributed by atoms with E-state index in [0.29, 0.717) is 24.8 Å². The van der Waals surface area contributed by atoms with E-state index in [1.165, 1.54) is 6.07 Å². The number of carbonyl (C=O) groups is 1. The third-order valence-electron chi connectivity index (χ3n) is 2.09. The number of aryl methyl sites for hydroxylation is 1. The second kappa shape index (κ2) is 5.37. The molecule has 0 aliphatic heterocycles. The van der Waals surface area contributed by atoms with Crippen LogP contribution in [0.5, 0.6) is 0 Å². The van der Waals surface area contributed by atoms with Crippen molar-refractivity contribution >= 4 is 5.91 Å². The van der Waals surface area contributed by atoms with Crippen LogP contribution in [0.15, 0.2) is 24.3 Å². The van der Waals surface area contributed by atoms with Crippen LogP contribution in [-0.4, -0.2) is 13.0 Å². The van der Waals surface area contributed by atoms with E-state index in [2.05, 4.69) is 5.32 Å². The number of carbonyl (C=O) groups excluding carboxylic acids is 1. The average molecular weight is 195 g/mol. The summed E-state index contributed by atoms with van der Waals surface area (Å²) in [5, 5.41) is 2.53. The molecule has 0 bridgehead atoms. The summed E-state index contributed by atoms with van der Waals surface area (Å²) in [4.78, 5) is 10.9. The van der Waals surface area contributed by atoms with Crippen molar-refractivity contribution in [1.29, 1.82) is 0 Å². The summed E-state index contributed by atoms with van der Waals surface area (Å²) in [6.07, 6.45) is 1.74. The largest absolute Gasteiger partial charge is 0.359 e. The molecule has 0 saturated carbocycles. The van der Waals surface area contributed by atoms with Gasteiger partial charge in [-0.1, -0.05) is 18.2 Å². The van der Waals surface area contributed by atoms with E-state index in [9.17, 15) is 9.18 Å². The zero-order valence-electron chi connectivity index (χ0n) is 8.22. The lowest BCUT2D eigenvalue weighted by atomic mass is 10.1. The van der Waals surface area contributed by atoms with Crippen molar-refractivity contribution in [2.75, 3.05) is 7.05 Å². The van der Waals surface area contributed by atoms with Gasteiger partial charge in [-0.2, -0.15) is 0 Å². The Morgan fingerprint density at radius 1 is 1.43 bits per heavy atom. The van der Waals surface area contributed by atoms with Gasteiger partial charge in [0.25, 0.3) is 0 Å². The summed E-state index contributed by atoms with van der Waals surface area (Å²) >= 11 is 0. The molecule has 0 aromatic heterocycles. The number of hydrogen-bond donors (Lipinski definition) is 1. The summed E-state index contributed by atoms with van der Waals surface area (Å²) in [5.41, 5.74) is 0.677. The van der Waals surface area contributed by atoms with Crippen LogP contribution in [0.2, 0.25) is 0 Å². The number of rotatable bonds is 4. The number of halogens is 1. The first-order valence-corrected chi connectivity index (χ1v) is 4.68. The minimum atomic E-state index is -0.190. The third-order valence-corrected chi connectivity index (χ3v) is 2.09. The van der Waals surface area contributed by atoms with Gasteiger partial charge in [0.15, 0.2) is 0 Å². The molecule has 1 rings (SSSR count). The molecule has 0 aliphatic carbocycles. The first kappa shape index (κ1) is 10.7. The molecule has 0 fully saturated rings.